The van der Waals surface area contributed by atoms with Gasteiger partial charge >= 0.3 is 0 Å². The number of nitrogens with zero attached hydrogens (tertiary/aromatic N) is 4. The highest BCUT2D eigenvalue weighted by Crippen LogP contribution is 2.41. The first kappa shape index (κ1) is 8.79. The van der Waals surface area contributed by atoms with Crippen LogP contribution in [0.3, 0.4) is 0 Å². The Hall–Kier alpha value is -1.49. The molecule has 2 heterocycles. The molecule has 2 N–H and O–H groups in total. The zero-order valence-electron chi connectivity index (χ0n) is 8.43. The summed E-state index contributed by atoms with van der Waals surface area (Å²) >= 11 is 0. The van der Waals surface area contributed by atoms with E-state index in [1.54, 1.807) is 12.4 Å². The predicted octanol–water partition coefficient (Wildman–Crippen LogP) is 0.505. The summed E-state index contributed by atoms with van der Waals surface area (Å²) < 4.78 is 2.00. The molecule has 1 aliphatic rings. The molecule has 0 aromatic carbocycles. The highest BCUT2D eigenvalue weighted by atomic mass is 15.3. The molecule has 0 saturated heterocycles. The summed E-state index contributed by atoms with van der Waals surface area (Å²) in [6.07, 6.45) is 8.85. The van der Waals surface area contributed by atoms with Gasteiger partial charge < -0.3 is 5.73 Å². The molecule has 0 spiro atoms. The Morgan fingerprint density at radius 2 is 2.27 bits per heavy atom. The molecule has 2 aromatic rings. The van der Waals surface area contributed by atoms with E-state index in [9.17, 15) is 0 Å². The Kier molecular flexibility index (Phi) is 1.76. The van der Waals surface area contributed by atoms with Gasteiger partial charge in [0.15, 0.2) is 5.65 Å². The quantitative estimate of drug-likeness (QED) is 0.771. The maximum absolute atomic E-state index is 5.85. The molecule has 3 rings (SSSR count). The van der Waals surface area contributed by atoms with Crippen LogP contribution in [0.4, 0.5) is 0 Å². The minimum atomic E-state index is 0.0563. The van der Waals surface area contributed by atoms with Crippen LogP contribution < -0.4 is 5.73 Å². The van der Waals surface area contributed by atoms with Crippen LogP contribution >= 0.6 is 0 Å². The van der Waals surface area contributed by atoms with Gasteiger partial charge in [-0.25, -0.2) is 0 Å². The lowest BCUT2D eigenvalue weighted by Crippen LogP contribution is -2.43. The molecule has 15 heavy (non-hydrogen) atoms. The highest BCUT2D eigenvalue weighted by molar-refractivity contribution is 5.36. The summed E-state index contributed by atoms with van der Waals surface area (Å²) in [6, 6.07) is 0. The van der Waals surface area contributed by atoms with Crippen LogP contribution in [0.5, 0.6) is 0 Å². The first-order valence-electron chi connectivity index (χ1n) is 5.21. The van der Waals surface area contributed by atoms with Gasteiger partial charge in [-0.2, -0.15) is 0 Å². The monoisotopic (exact) mass is 203 g/mol. The van der Waals surface area contributed by atoms with Crippen molar-refractivity contribution in [3.8, 4) is 0 Å². The number of nitrogens with two attached hydrogens (primary N) is 1. The van der Waals surface area contributed by atoms with Crippen molar-refractivity contribution >= 4 is 5.65 Å². The van der Waals surface area contributed by atoms with E-state index >= 15 is 0 Å². The Labute approximate surface area is 87.3 Å². The predicted molar refractivity (Wildman–Crippen MR) is 55.4 cm³/mol. The topological polar surface area (TPSA) is 69.1 Å². The van der Waals surface area contributed by atoms with E-state index in [-0.39, 0.29) is 5.41 Å². The molecule has 0 amide bonds. The van der Waals surface area contributed by atoms with Crippen molar-refractivity contribution in [3.63, 3.8) is 0 Å². The van der Waals surface area contributed by atoms with E-state index in [1.807, 2.05) is 10.6 Å². The van der Waals surface area contributed by atoms with Crippen LogP contribution in [0.15, 0.2) is 18.6 Å². The van der Waals surface area contributed by atoms with Crippen LogP contribution in [0.2, 0.25) is 0 Å². The third kappa shape index (κ3) is 1.10. The molecule has 0 aliphatic heterocycles. The molecular formula is C10H13N5. The second kappa shape index (κ2) is 3.00. The summed E-state index contributed by atoms with van der Waals surface area (Å²) in [5.41, 5.74) is 6.71. The van der Waals surface area contributed by atoms with Crippen molar-refractivity contribution < 1.29 is 0 Å². The van der Waals surface area contributed by atoms with Crippen molar-refractivity contribution in [1.82, 2.24) is 19.6 Å². The van der Waals surface area contributed by atoms with Gasteiger partial charge in [-0.05, 0) is 12.8 Å². The van der Waals surface area contributed by atoms with Crippen molar-refractivity contribution in [2.75, 3.05) is 6.54 Å². The number of hydrogen-bond acceptors (Lipinski definition) is 4. The zero-order chi connectivity index (χ0) is 10.3. The lowest BCUT2D eigenvalue weighted by molar-refractivity contribution is 0.236. The number of hydrogen-bond donors (Lipinski definition) is 1. The molecule has 1 saturated carbocycles. The van der Waals surface area contributed by atoms with Crippen molar-refractivity contribution in [2.24, 2.45) is 5.73 Å². The maximum atomic E-state index is 5.85. The Morgan fingerprint density at radius 3 is 2.93 bits per heavy atom. The first-order chi connectivity index (χ1) is 7.36. The van der Waals surface area contributed by atoms with Crippen LogP contribution in [0, 0.1) is 0 Å². The molecule has 2 aromatic heterocycles. The Morgan fingerprint density at radius 1 is 1.40 bits per heavy atom. The Balaban J connectivity index is 2.18. The fourth-order valence-electron chi connectivity index (χ4n) is 2.24. The molecule has 78 valence electrons. The van der Waals surface area contributed by atoms with E-state index in [2.05, 4.69) is 15.2 Å². The molecular weight excluding hydrogens is 190 g/mol. The average Bonchev–Trinajstić information content (AvgIpc) is 2.62. The third-order valence-corrected chi connectivity index (χ3v) is 3.39. The van der Waals surface area contributed by atoms with Gasteiger partial charge in [0.05, 0.1) is 6.20 Å². The maximum Gasteiger partial charge on any atom is 0.179 e. The highest BCUT2D eigenvalue weighted by Gasteiger charge is 2.41. The molecule has 0 radical (unpaired) electrons. The largest absolute Gasteiger partial charge is 0.329 e. The van der Waals surface area contributed by atoms with Crippen LogP contribution in [0.25, 0.3) is 5.65 Å². The normalized spacial score (nSPS) is 19.0. The minimum Gasteiger partial charge on any atom is -0.329 e. The molecule has 5 heteroatoms. The minimum absolute atomic E-state index is 0.0563. The van der Waals surface area contributed by atoms with E-state index in [1.165, 1.54) is 6.42 Å². The van der Waals surface area contributed by atoms with Crippen LogP contribution in [0.1, 0.15) is 25.1 Å². The van der Waals surface area contributed by atoms with Gasteiger partial charge in [0, 0.05) is 24.4 Å². The molecule has 0 atom stereocenters. The second-order valence-corrected chi connectivity index (χ2v) is 4.17. The number of fused-ring (bicyclic) bond motifs is 1. The first-order valence-corrected chi connectivity index (χ1v) is 5.21. The summed E-state index contributed by atoms with van der Waals surface area (Å²) in [5, 5.41) is 8.36. The molecule has 1 aliphatic carbocycles. The van der Waals surface area contributed by atoms with E-state index in [0.717, 1.165) is 24.3 Å². The molecule has 0 unspecified atom stereocenters. The second-order valence-electron chi connectivity index (χ2n) is 4.17. The van der Waals surface area contributed by atoms with Crippen LogP contribution in [-0.2, 0) is 5.41 Å². The summed E-state index contributed by atoms with van der Waals surface area (Å²) in [6.45, 7) is 0.649. The summed E-state index contributed by atoms with van der Waals surface area (Å²) in [4.78, 5) is 4.02. The van der Waals surface area contributed by atoms with Gasteiger partial charge in [0.2, 0.25) is 0 Å². The van der Waals surface area contributed by atoms with Crippen LogP contribution in [-0.4, -0.2) is 26.1 Å². The van der Waals surface area contributed by atoms with Crippen molar-refractivity contribution in [3.05, 3.63) is 24.4 Å². The zero-order valence-corrected chi connectivity index (χ0v) is 8.43. The molecule has 1 fully saturated rings. The van der Waals surface area contributed by atoms with Gasteiger partial charge in [-0.15, -0.1) is 10.2 Å². The van der Waals surface area contributed by atoms with E-state index in [4.69, 9.17) is 5.73 Å². The van der Waals surface area contributed by atoms with Crippen molar-refractivity contribution in [2.45, 2.75) is 24.7 Å². The summed E-state index contributed by atoms with van der Waals surface area (Å²) in [5.74, 6) is 0.994. The van der Waals surface area contributed by atoms with E-state index < -0.39 is 0 Å². The standard InChI is InChI=1S/C10H13N5/c11-7-10(2-1-3-10)9-14-13-8-6-12-4-5-15(8)9/h4-6H,1-3,7,11H2. The third-order valence-electron chi connectivity index (χ3n) is 3.39. The van der Waals surface area contributed by atoms with Crippen molar-refractivity contribution in [1.29, 1.82) is 0 Å². The lowest BCUT2D eigenvalue weighted by atomic mass is 9.68. The molecule has 5 nitrogen and oxygen atoms in total. The number of aromatic nitrogens is 4. The average molecular weight is 203 g/mol. The fourth-order valence-corrected chi connectivity index (χ4v) is 2.24. The Bertz CT molecular complexity index is 480. The van der Waals surface area contributed by atoms with Gasteiger partial charge in [0.25, 0.3) is 0 Å². The SMILES string of the molecule is NCC1(c2nnc3cnccn23)CCC1. The van der Waals surface area contributed by atoms with Gasteiger partial charge in [-0.3, -0.25) is 9.38 Å². The lowest BCUT2D eigenvalue weighted by Gasteiger charge is -2.39. The summed E-state index contributed by atoms with van der Waals surface area (Å²) in [7, 11) is 0. The molecule has 0 bridgehead atoms. The van der Waals surface area contributed by atoms with Gasteiger partial charge in [0.1, 0.15) is 5.82 Å². The van der Waals surface area contributed by atoms with E-state index in [0.29, 0.717) is 6.54 Å². The smallest absolute Gasteiger partial charge is 0.179 e. The van der Waals surface area contributed by atoms with Gasteiger partial charge in [-0.1, -0.05) is 6.42 Å². The number of rotatable bonds is 2. The fraction of sp³-hybridized carbons (Fsp3) is 0.500.